The Morgan fingerprint density at radius 2 is 2.35 bits per heavy atom. The smallest absolute Gasteiger partial charge is 0.330 e. The van der Waals surface area contributed by atoms with Gasteiger partial charge in [-0.2, -0.15) is 5.26 Å². The number of carbonyl (C=O) groups excluding carboxylic acids is 1. The van der Waals surface area contributed by atoms with Gasteiger partial charge in [0.1, 0.15) is 6.61 Å². The van der Waals surface area contributed by atoms with Gasteiger partial charge in [-0.3, -0.25) is 0 Å². The Hall–Kier alpha value is -2.52. The Morgan fingerprint density at radius 1 is 1.53 bits per heavy atom. The molecule has 0 spiro atoms. The van der Waals surface area contributed by atoms with Crippen molar-refractivity contribution in [3.8, 4) is 18.4 Å². The SMILES string of the molecule is C#CCCOC(=O)/C=C/c1cccc(C#N)c1. The van der Waals surface area contributed by atoms with E-state index in [2.05, 4.69) is 5.92 Å². The van der Waals surface area contributed by atoms with E-state index < -0.39 is 5.97 Å². The van der Waals surface area contributed by atoms with Crippen molar-refractivity contribution < 1.29 is 9.53 Å². The molecule has 0 aromatic heterocycles. The predicted octanol–water partition coefficient (Wildman–Crippen LogP) is 2.14. The van der Waals surface area contributed by atoms with Crippen molar-refractivity contribution in [1.82, 2.24) is 0 Å². The highest BCUT2D eigenvalue weighted by atomic mass is 16.5. The average Bonchev–Trinajstić information content (AvgIpc) is 2.37. The molecule has 0 saturated heterocycles. The summed E-state index contributed by atoms with van der Waals surface area (Å²) in [5, 5.41) is 8.70. The normalized spacial score (nSPS) is 9.53. The third kappa shape index (κ3) is 4.68. The lowest BCUT2D eigenvalue weighted by Gasteiger charge is -1.97. The number of esters is 1. The zero-order chi connectivity index (χ0) is 12.5. The number of nitrogens with zero attached hydrogens (tertiary/aromatic N) is 1. The third-order valence-electron chi connectivity index (χ3n) is 1.92. The van der Waals surface area contributed by atoms with Gasteiger partial charge in [0.15, 0.2) is 0 Å². The van der Waals surface area contributed by atoms with Crippen molar-refractivity contribution >= 4 is 12.0 Å². The van der Waals surface area contributed by atoms with Crippen LogP contribution in [-0.4, -0.2) is 12.6 Å². The van der Waals surface area contributed by atoms with Gasteiger partial charge < -0.3 is 4.74 Å². The number of rotatable bonds is 4. The molecule has 0 amide bonds. The van der Waals surface area contributed by atoms with Crippen LogP contribution in [0, 0.1) is 23.7 Å². The molecule has 0 atom stereocenters. The Kier molecular flexibility index (Phi) is 5.07. The zero-order valence-electron chi connectivity index (χ0n) is 9.22. The van der Waals surface area contributed by atoms with E-state index >= 15 is 0 Å². The molecule has 0 unspecified atom stereocenters. The van der Waals surface area contributed by atoms with Crippen molar-refractivity contribution in [1.29, 1.82) is 5.26 Å². The van der Waals surface area contributed by atoms with Crippen LogP contribution >= 0.6 is 0 Å². The molecule has 0 saturated carbocycles. The van der Waals surface area contributed by atoms with Gasteiger partial charge in [0.2, 0.25) is 0 Å². The summed E-state index contributed by atoms with van der Waals surface area (Å²) in [5.74, 6) is 1.93. The summed E-state index contributed by atoms with van der Waals surface area (Å²) in [4.78, 5) is 11.2. The lowest BCUT2D eigenvalue weighted by atomic mass is 10.1. The molecule has 84 valence electrons. The fourth-order valence-electron chi connectivity index (χ4n) is 1.13. The van der Waals surface area contributed by atoms with E-state index in [1.165, 1.54) is 6.08 Å². The van der Waals surface area contributed by atoms with Crippen molar-refractivity contribution in [3.05, 3.63) is 41.5 Å². The zero-order valence-corrected chi connectivity index (χ0v) is 9.22. The molecule has 0 N–H and O–H groups in total. The fraction of sp³-hybridized carbons (Fsp3) is 0.143. The second-order valence-electron chi connectivity index (χ2n) is 3.19. The summed E-state index contributed by atoms with van der Waals surface area (Å²) in [7, 11) is 0. The van der Waals surface area contributed by atoms with E-state index in [1.807, 2.05) is 6.07 Å². The highest BCUT2D eigenvalue weighted by Gasteiger charge is 1.96. The number of hydrogen-bond acceptors (Lipinski definition) is 3. The summed E-state index contributed by atoms with van der Waals surface area (Å²) >= 11 is 0. The molecule has 3 nitrogen and oxygen atoms in total. The second-order valence-corrected chi connectivity index (χ2v) is 3.19. The molecule has 17 heavy (non-hydrogen) atoms. The summed E-state index contributed by atoms with van der Waals surface area (Å²) in [6, 6.07) is 8.96. The summed E-state index contributed by atoms with van der Waals surface area (Å²) < 4.78 is 4.83. The van der Waals surface area contributed by atoms with E-state index in [0.29, 0.717) is 12.0 Å². The third-order valence-corrected chi connectivity index (χ3v) is 1.92. The maximum atomic E-state index is 11.2. The average molecular weight is 225 g/mol. The quantitative estimate of drug-likeness (QED) is 0.341. The minimum atomic E-state index is -0.442. The lowest BCUT2D eigenvalue weighted by Crippen LogP contribution is -2.01. The van der Waals surface area contributed by atoms with Crippen LogP contribution < -0.4 is 0 Å². The van der Waals surface area contributed by atoms with Gasteiger partial charge in [0.05, 0.1) is 11.6 Å². The Balaban J connectivity index is 2.56. The molecule has 0 bridgehead atoms. The number of benzene rings is 1. The van der Waals surface area contributed by atoms with Crippen LogP contribution in [-0.2, 0) is 9.53 Å². The maximum Gasteiger partial charge on any atom is 0.330 e. The number of hydrogen-bond donors (Lipinski definition) is 0. The minimum Gasteiger partial charge on any atom is -0.462 e. The van der Waals surface area contributed by atoms with Crippen LogP contribution in [0.2, 0.25) is 0 Å². The summed E-state index contributed by atoms with van der Waals surface area (Å²) in [5.41, 5.74) is 1.32. The van der Waals surface area contributed by atoms with Gasteiger partial charge in [-0.25, -0.2) is 4.79 Å². The molecular weight excluding hydrogens is 214 g/mol. The first-order valence-corrected chi connectivity index (χ1v) is 5.04. The molecule has 1 aromatic carbocycles. The van der Waals surface area contributed by atoms with Crippen LogP contribution in [0.15, 0.2) is 30.3 Å². The molecule has 3 heteroatoms. The topological polar surface area (TPSA) is 50.1 Å². The van der Waals surface area contributed by atoms with Gasteiger partial charge in [-0.15, -0.1) is 12.3 Å². The highest BCUT2D eigenvalue weighted by Crippen LogP contribution is 2.06. The van der Waals surface area contributed by atoms with Crippen LogP contribution in [0.1, 0.15) is 17.5 Å². The van der Waals surface area contributed by atoms with E-state index in [1.54, 1.807) is 30.3 Å². The first-order chi connectivity index (χ1) is 8.26. The Bertz CT molecular complexity index is 504. The number of terminal acetylenes is 1. The van der Waals surface area contributed by atoms with Crippen LogP contribution in [0.4, 0.5) is 0 Å². The van der Waals surface area contributed by atoms with E-state index in [0.717, 1.165) is 5.56 Å². The van der Waals surface area contributed by atoms with Crippen molar-refractivity contribution in [2.75, 3.05) is 6.61 Å². The molecule has 0 radical (unpaired) electrons. The predicted molar refractivity (Wildman–Crippen MR) is 64.6 cm³/mol. The Morgan fingerprint density at radius 3 is 3.06 bits per heavy atom. The largest absolute Gasteiger partial charge is 0.462 e. The molecule has 1 rings (SSSR count). The summed E-state index contributed by atoms with van der Waals surface area (Å²) in [6.45, 7) is 0.220. The standard InChI is InChI=1S/C14H11NO2/c1-2-3-9-17-14(16)8-7-12-5-4-6-13(10-12)11-15/h1,4-8,10H,3,9H2/b8-7+. The van der Waals surface area contributed by atoms with Crippen molar-refractivity contribution in [3.63, 3.8) is 0 Å². The maximum absolute atomic E-state index is 11.2. The summed E-state index contributed by atoms with van der Waals surface area (Å²) in [6.07, 6.45) is 8.34. The number of nitriles is 1. The van der Waals surface area contributed by atoms with E-state index in [4.69, 9.17) is 16.4 Å². The van der Waals surface area contributed by atoms with Gasteiger partial charge in [0.25, 0.3) is 0 Å². The molecule has 0 aliphatic carbocycles. The number of ether oxygens (including phenoxy) is 1. The van der Waals surface area contributed by atoms with Crippen molar-refractivity contribution in [2.24, 2.45) is 0 Å². The minimum absolute atomic E-state index is 0.220. The van der Waals surface area contributed by atoms with Crippen LogP contribution in [0.25, 0.3) is 6.08 Å². The van der Waals surface area contributed by atoms with E-state index in [9.17, 15) is 4.79 Å². The second kappa shape index (κ2) is 6.87. The van der Waals surface area contributed by atoms with Crippen LogP contribution in [0.5, 0.6) is 0 Å². The van der Waals surface area contributed by atoms with Crippen LogP contribution in [0.3, 0.4) is 0 Å². The van der Waals surface area contributed by atoms with E-state index in [-0.39, 0.29) is 6.61 Å². The first-order valence-electron chi connectivity index (χ1n) is 5.04. The first kappa shape index (κ1) is 12.5. The molecule has 0 fully saturated rings. The van der Waals surface area contributed by atoms with Gasteiger partial charge in [-0.05, 0) is 23.8 Å². The van der Waals surface area contributed by atoms with Gasteiger partial charge in [-0.1, -0.05) is 12.1 Å². The molecule has 0 heterocycles. The monoisotopic (exact) mass is 225 g/mol. The highest BCUT2D eigenvalue weighted by molar-refractivity contribution is 5.87. The molecule has 1 aromatic rings. The van der Waals surface area contributed by atoms with Gasteiger partial charge in [0, 0.05) is 12.5 Å². The number of carbonyl (C=O) groups is 1. The molecule has 0 aliphatic heterocycles. The van der Waals surface area contributed by atoms with Gasteiger partial charge >= 0.3 is 5.97 Å². The molecule has 0 aliphatic rings. The van der Waals surface area contributed by atoms with Crippen molar-refractivity contribution in [2.45, 2.75) is 6.42 Å². The molecular formula is C14H11NO2. The Labute approximate surface area is 100 Å². The lowest BCUT2D eigenvalue weighted by molar-refractivity contribution is -0.137. The fourth-order valence-corrected chi connectivity index (χ4v) is 1.13.